The van der Waals surface area contributed by atoms with E-state index in [1.807, 2.05) is 26.0 Å². The van der Waals surface area contributed by atoms with Crippen molar-refractivity contribution in [3.63, 3.8) is 0 Å². The fourth-order valence-electron chi connectivity index (χ4n) is 3.03. The monoisotopic (exact) mass is 431 g/mol. The number of aromatic nitrogens is 2. The van der Waals surface area contributed by atoms with Crippen molar-refractivity contribution in [1.82, 2.24) is 13.6 Å². The Morgan fingerprint density at radius 3 is 2.53 bits per heavy atom. The molecule has 1 amide bonds. The lowest BCUT2D eigenvalue weighted by molar-refractivity contribution is 0.0824. The van der Waals surface area contributed by atoms with Crippen molar-refractivity contribution in [2.75, 3.05) is 24.7 Å². The number of phenolic OH excluding ortho intramolecular Hbond substituents is 1. The number of hydrogen-bond acceptors (Lipinski definition) is 8. The zero-order valence-corrected chi connectivity index (χ0v) is 18.3. The second-order valence-corrected chi connectivity index (χ2v) is 7.97. The first-order chi connectivity index (χ1) is 14.2. The molecule has 0 radical (unpaired) electrons. The molecule has 2 aromatic heterocycles. The van der Waals surface area contributed by atoms with E-state index in [0.717, 1.165) is 11.5 Å². The number of anilines is 3. The second kappa shape index (κ2) is 8.72. The summed E-state index contributed by atoms with van der Waals surface area (Å²) in [7, 11) is 3.23. The van der Waals surface area contributed by atoms with Gasteiger partial charge >= 0.3 is 0 Å². The average molecular weight is 432 g/mol. The van der Waals surface area contributed by atoms with E-state index in [4.69, 9.17) is 4.42 Å². The standard InChI is InChI=1S/C20H25N5O4S/c1-6-13(15-10-8-12(3)29-15)21-18-19(24-30(28)23-18)22-14-9-7-11(2)16(17(14)26)20(27)25(4)5/h7-10,13,26H,6H2,1-5H3,(H,21,23)(H,22,24)/t13-,30?/m1/s1. The van der Waals surface area contributed by atoms with Crippen LogP contribution < -0.4 is 10.6 Å². The van der Waals surface area contributed by atoms with E-state index in [1.54, 1.807) is 33.2 Å². The molecule has 0 saturated carbocycles. The lowest BCUT2D eigenvalue weighted by atomic mass is 10.0. The van der Waals surface area contributed by atoms with E-state index in [2.05, 4.69) is 19.4 Å². The largest absolute Gasteiger partial charge is 0.546 e. The highest BCUT2D eigenvalue weighted by atomic mass is 32.2. The van der Waals surface area contributed by atoms with Crippen molar-refractivity contribution in [3.8, 4) is 5.75 Å². The maximum atomic E-state index is 12.4. The van der Waals surface area contributed by atoms with Crippen LogP contribution in [-0.2, 0) is 0 Å². The summed E-state index contributed by atoms with van der Waals surface area (Å²) in [4.78, 5) is 13.8. The van der Waals surface area contributed by atoms with Crippen LogP contribution in [0.1, 0.15) is 46.8 Å². The molecule has 3 rings (SSSR count). The van der Waals surface area contributed by atoms with Crippen LogP contribution >= 0.6 is 11.1 Å². The van der Waals surface area contributed by atoms with Crippen LogP contribution in [0.3, 0.4) is 0 Å². The Kier molecular flexibility index (Phi) is 6.28. The number of aryl methyl sites for hydroxylation is 2. The fourth-order valence-corrected chi connectivity index (χ4v) is 3.66. The van der Waals surface area contributed by atoms with Crippen LogP contribution in [0.5, 0.6) is 5.75 Å². The molecular formula is C20H25N5O4S. The number of rotatable bonds is 7. The zero-order valence-electron chi connectivity index (χ0n) is 17.5. The molecule has 2 atom stereocenters. The summed E-state index contributed by atoms with van der Waals surface area (Å²) in [6.07, 6.45) is 0.698. The van der Waals surface area contributed by atoms with Crippen molar-refractivity contribution in [2.45, 2.75) is 33.2 Å². The number of aromatic hydroxyl groups is 1. The molecule has 0 aliphatic carbocycles. The summed E-state index contributed by atoms with van der Waals surface area (Å²) in [5.74, 6) is 1.48. The Morgan fingerprint density at radius 2 is 1.93 bits per heavy atom. The summed E-state index contributed by atoms with van der Waals surface area (Å²) in [5.41, 5.74) is 1.09. The topological polar surface area (TPSA) is 127 Å². The Labute approximate surface area is 177 Å². The lowest BCUT2D eigenvalue weighted by Crippen LogP contribution is -2.22. The Balaban J connectivity index is 1.92. The van der Waals surface area contributed by atoms with Gasteiger partial charge in [0.25, 0.3) is 5.91 Å². The summed E-state index contributed by atoms with van der Waals surface area (Å²) in [6, 6.07) is 6.90. The van der Waals surface area contributed by atoms with Gasteiger partial charge in [-0.1, -0.05) is 13.0 Å². The van der Waals surface area contributed by atoms with Crippen molar-refractivity contribution in [2.24, 2.45) is 0 Å². The van der Waals surface area contributed by atoms with Gasteiger partial charge in [0.05, 0.1) is 17.3 Å². The maximum absolute atomic E-state index is 12.4. The molecule has 10 heteroatoms. The van der Waals surface area contributed by atoms with Gasteiger partial charge in [0.15, 0.2) is 16.9 Å². The molecule has 0 saturated heterocycles. The number of carbonyl (C=O) groups is 1. The third-order valence-electron chi connectivity index (χ3n) is 4.65. The van der Waals surface area contributed by atoms with Crippen molar-refractivity contribution in [3.05, 3.63) is 46.9 Å². The molecule has 0 aliphatic heterocycles. The van der Waals surface area contributed by atoms with Crippen molar-refractivity contribution < 1.29 is 18.9 Å². The number of nitrogens with zero attached hydrogens (tertiary/aromatic N) is 3. The van der Waals surface area contributed by atoms with Gasteiger partial charge in [-0.05, 0) is 44.0 Å². The molecule has 0 bridgehead atoms. The normalized spacial score (nSPS) is 12.5. The zero-order chi connectivity index (χ0) is 22.0. The molecule has 9 nitrogen and oxygen atoms in total. The minimum absolute atomic E-state index is 0.189. The number of benzene rings is 1. The Hall–Kier alpha value is -3.11. The van der Waals surface area contributed by atoms with E-state index in [1.165, 1.54) is 4.90 Å². The summed E-state index contributed by atoms with van der Waals surface area (Å²) < 4.78 is 25.7. The van der Waals surface area contributed by atoms with E-state index in [9.17, 15) is 14.5 Å². The molecule has 0 aliphatic rings. The van der Waals surface area contributed by atoms with Gasteiger partial charge in [-0.2, -0.15) is 0 Å². The number of phenols is 1. The average Bonchev–Trinajstić information content (AvgIpc) is 3.27. The number of nitrogens with one attached hydrogen (secondary N) is 2. The van der Waals surface area contributed by atoms with Gasteiger partial charge in [-0.15, -0.1) is 0 Å². The number of carbonyl (C=O) groups excluding carboxylic acids is 1. The van der Waals surface area contributed by atoms with Gasteiger partial charge in [0.2, 0.25) is 11.6 Å². The van der Waals surface area contributed by atoms with E-state index < -0.39 is 11.1 Å². The molecule has 0 spiro atoms. The van der Waals surface area contributed by atoms with Gasteiger partial charge in [-0.3, -0.25) is 4.79 Å². The minimum Gasteiger partial charge on any atom is -0.546 e. The molecule has 30 heavy (non-hydrogen) atoms. The molecule has 2 heterocycles. The Bertz CT molecular complexity index is 1060. The van der Waals surface area contributed by atoms with Crippen LogP contribution in [0.15, 0.2) is 28.7 Å². The van der Waals surface area contributed by atoms with Crippen molar-refractivity contribution in [1.29, 1.82) is 0 Å². The van der Waals surface area contributed by atoms with Crippen LogP contribution in [0.2, 0.25) is 0 Å². The smallest absolute Gasteiger partial charge is 0.257 e. The predicted octanol–water partition coefficient (Wildman–Crippen LogP) is 4.13. The van der Waals surface area contributed by atoms with Gasteiger partial charge in [0.1, 0.15) is 11.5 Å². The van der Waals surface area contributed by atoms with Crippen LogP contribution in [0.25, 0.3) is 0 Å². The van der Waals surface area contributed by atoms with E-state index in [0.29, 0.717) is 12.0 Å². The fraction of sp³-hybridized carbons (Fsp3) is 0.350. The third-order valence-corrected chi connectivity index (χ3v) is 5.32. The van der Waals surface area contributed by atoms with Gasteiger partial charge < -0.3 is 29.6 Å². The lowest BCUT2D eigenvalue weighted by Gasteiger charge is -2.17. The highest BCUT2D eigenvalue weighted by Gasteiger charge is 2.24. The number of hydrogen-bond donors (Lipinski definition) is 3. The summed E-state index contributed by atoms with van der Waals surface area (Å²) >= 11 is -1.80. The van der Waals surface area contributed by atoms with Crippen LogP contribution in [0, 0.1) is 13.8 Å². The van der Waals surface area contributed by atoms with Crippen molar-refractivity contribution >= 4 is 34.4 Å². The SMILES string of the molecule is CC[C@@H](Nc1n[s+]([O-])nc1Nc1ccc(C)c(C(=O)N(C)C)c1O)c1ccc(C)o1. The van der Waals surface area contributed by atoms with Crippen LogP contribution in [0.4, 0.5) is 17.3 Å². The van der Waals surface area contributed by atoms with Crippen LogP contribution in [-0.4, -0.2) is 43.3 Å². The first kappa shape index (κ1) is 21.6. The molecule has 1 aromatic carbocycles. The summed E-state index contributed by atoms with van der Waals surface area (Å²) in [5, 5.41) is 16.8. The third kappa shape index (κ3) is 4.39. The summed E-state index contributed by atoms with van der Waals surface area (Å²) in [6.45, 7) is 5.59. The molecule has 0 fully saturated rings. The quantitative estimate of drug-likeness (QED) is 0.376. The van der Waals surface area contributed by atoms with Gasteiger partial charge in [-0.25, -0.2) is 0 Å². The minimum atomic E-state index is -1.80. The number of furan rings is 1. The molecule has 3 N–H and O–H groups in total. The molecule has 3 aromatic rings. The first-order valence-electron chi connectivity index (χ1n) is 9.45. The van der Waals surface area contributed by atoms with E-state index >= 15 is 0 Å². The predicted molar refractivity (Wildman–Crippen MR) is 115 cm³/mol. The highest BCUT2D eigenvalue weighted by molar-refractivity contribution is 7.14. The Morgan fingerprint density at radius 1 is 1.23 bits per heavy atom. The second-order valence-electron chi connectivity index (χ2n) is 7.14. The maximum Gasteiger partial charge on any atom is 0.257 e. The van der Waals surface area contributed by atoms with E-state index in [-0.39, 0.29) is 40.6 Å². The molecule has 160 valence electrons. The van der Waals surface area contributed by atoms with Gasteiger partial charge in [0, 0.05) is 22.8 Å². The number of amides is 1. The molecule has 1 unspecified atom stereocenters. The molecular weight excluding hydrogens is 406 g/mol. The highest BCUT2D eigenvalue weighted by Crippen LogP contribution is 2.36. The first-order valence-corrected chi connectivity index (χ1v) is 10.5.